The first-order valence-corrected chi connectivity index (χ1v) is 9.51. The van der Waals surface area contributed by atoms with E-state index in [2.05, 4.69) is 6.07 Å². The van der Waals surface area contributed by atoms with Gasteiger partial charge in [-0.3, -0.25) is 4.79 Å². The molecule has 0 radical (unpaired) electrons. The van der Waals surface area contributed by atoms with Gasteiger partial charge in [-0.2, -0.15) is 0 Å². The summed E-state index contributed by atoms with van der Waals surface area (Å²) in [5.74, 6) is 0.540. The van der Waals surface area contributed by atoms with Gasteiger partial charge in [-0.1, -0.05) is 36.8 Å². The highest BCUT2D eigenvalue weighted by molar-refractivity contribution is 5.81. The van der Waals surface area contributed by atoms with Crippen LogP contribution in [0.25, 0.3) is 0 Å². The molecule has 0 saturated carbocycles. The molecule has 1 aliphatic rings. The van der Waals surface area contributed by atoms with Crippen molar-refractivity contribution in [3.05, 3.63) is 59.4 Å². The number of carbonyl (C=O) groups excluding carboxylic acids is 1. The first-order valence-electron chi connectivity index (χ1n) is 9.51. The number of rotatable bonds is 5. The predicted molar refractivity (Wildman–Crippen MR) is 106 cm³/mol. The normalized spacial score (nSPS) is 15.6. The molecule has 2 aromatic carbocycles. The van der Waals surface area contributed by atoms with Crippen LogP contribution in [0.3, 0.4) is 0 Å². The summed E-state index contributed by atoms with van der Waals surface area (Å²) in [6, 6.07) is 12.8. The lowest BCUT2D eigenvalue weighted by Crippen LogP contribution is -2.52. The molecule has 0 N–H and O–H groups in total. The quantitative estimate of drug-likeness (QED) is 0.799. The minimum absolute atomic E-state index is 0.00524. The molecule has 0 aliphatic carbocycles. The first kappa shape index (κ1) is 19.2. The fourth-order valence-electron chi connectivity index (χ4n) is 3.47. The van der Waals surface area contributed by atoms with Crippen LogP contribution < -0.4 is 9.64 Å². The topological polar surface area (TPSA) is 32.8 Å². The van der Waals surface area contributed by atoms with E-state index in [1.807, 2.05) is 48.8 Å². The van der Waals surface area contributed by atoms with Crippen LogP contribution >= 0.6 is 0 Å². The number of hydrogen-bond acceptors (Lipinski definition) is 3. The average Bonchev–Trinajstić information content (AvgIpc) is 2.67. The van der Waals surface area contributed by atoms with Gasteiger partial charge in [0.2, 0.25) is 0 Å². The molecule has 1 amide bonds. The molecule has 1 heterocycles. The molecule has 1 saturated heterocycles. The Hall–Kier alpha value is -2.56. The maximum Gasteiger partial charge on any atom is 0.263 e. The molecule has 0 unspecified atom stereocenters. The van der Waals surface area contributed by atoms with Crippen LogP contribution in [0.1, 0.15) is 24.5 Å². The van der Waals surface area contributed by atoms with Gasteiger partial charge in [0.05, 0.1) is 5.69 Å². The summed E-state index contributed by atoms with van der Waals surface area (Å²) >= 11 is 0. The van der Waals surface area contributed by atoms with Crippen molar-refractivity contribution in [3.8, 4) is 5.75 Å². The highest BCUT2D eigenvalue weighted by atomic mass is 19.1. The first-order chi connectivity index (χ1) is 13.0. The molecule has 1 atom stereocenters. The van der Waals surface area contributed by atoms with Gasteiger partial charge in [-0.15, -0.1) is 0 Å². The SMILES string of the molecule is CC[C@H](Oc1ccc(C)cc1C)C(=O)N1CCN(c2ccccc2F)CC1. The van der Waals surface area contributed by atoms with E-state index in [1.54, 1.807) is 12.1 Å². The van der Waals surface area contributed by atoms with Crippen LogP contribution in [0.15, 0.2) is 42.5 Å². The number of amides is 1. The van der Waals surface area contributed by atoms with Gasteiger partial charge in [0, 0.05) is 26.2 Å². The maximum atomic E-state index is 14.0. The highest BCUT2D eigenvalue weighted by Crippen LogP contribution is 2.23. The van der Waals surface area contributed by atoms with E-state index in [1.165, 1.54) is 11.6 Å². The van der Waals surface area contributed by atoms with Crippen molar-refractivity contribution in [1.29, 1.82) is 0 Å². The number of nitrogens with zero attached hydrogens (tertiary/aromatic N) is 2. The molecule has 27 heavy (non-hydrogen) atoms. The summed E-state index contributed by atoms with van der Waals surface area (Å²) in [5, 5.41) is 0. The molecule has 0 spiro atoms. The lowest BCUT2D eigenvalue weighted by atomic mass is 10.1. The molecule has 4 nitrogen and oxygen atoms in total. The zero-order chi connectivity index (χ0) is 19.4. The number of benzene rings is 2. The van der Waals surface area contributed by atoms with Crippen molar-refractivity contribution in [2.24, 2.45) is 0 Å². The third-order valence-corrected chi connectivity index (χ3v) is 5.03. The summed E-state index contributed by atoms with van der Waals surface area (Å²) < 4.78 is 20.0. The largest absolute Gasteiger partial charge is 0.480 e. The standard InChI is InChI=1S/C22H27FN2O2/c1-4-20(27-21-10-9-16(2)15-17(21)3)22(26)25-13-11-24(12-14-25)19-8-6-5-7-18(19)23/h5-10,15,20H,4,11-14H2,1-3H3/t20-/m0/s1. The number of aryl methyl sites for hydroxylation is 2. The summed E-state index contributed by atoms with van der Waals surface area (Å²) in [6.07, 6.45) is 0.117. The second-order valence-electron chi connectivity index (χ2n) is 7.05. The van der Waals surface area contributed by atoms with Crippen LogP contribution in [0.4, 0.5) is 10.1 Å². The molecule has 2 aromatic rings. The molecule has 1 aliphatic heterocycles. The Morgan fingerprint density at radius 3 is 2.44 bits per heavy atom. The second-order valence-corrected chi connectivity index (χ2v) is 7.05. The highest BCUT2D eigenvalue weighted by Gasteiger charge is 2.28. The van der Waals surface area contributed by atoms with Crippen LogP contribution in [0.2, 0.25) is 0 Å². The number of hydrogen-bond donors (Lipinski definition) is 0. The molecule has 0 bridgehead atoms. The van der Waals surface area contributed by atoms with Crippen molar-refractivity contribution in [1.82, 2.24) is 4.90 Å². The maximum absolute atomic E-state index is 14.0. The number of ether oxygens (including phenoxy) is 1. The molecule has 5 heteroatoms. The van der Waals surface area contributed by atoms with Crippen molar-refractivity contribution in [2.45, 2.75) is 33.3 Å². The van der Waals surface area contributed by atoms with Gasteiger partial charge < -0.3 is 14.5 Å². The van der Waals surface area contributed by atoms with Crippen molar-refractivity contribution >= 4 is 11.6 Å². The molecule has 3 rings (SSSR count). The smallest absolute Gasteiger partial charge is 0.263 e. The van der Waals surface area contributed by atoms with Crippen LogP contribution in [0.5, 0.6) is 5.75 Å². The number of piperazine rings is 1. The van der Waals surface area contributed by atoms with Crippen LogP contribution in [-0.2, 0) is 4.79 Å². The molecule has 144 valence electrons. The van der Waals surface area contributed by atoms with Gasteiger partial charge >= 0.3 is 0 Å². The summed E-state index contributed by atoms with van der Waals surface area (Å²) in [7, 11) is 0. The third-order valence-electron chi connectivity index (χ3n) is 5.03. The Morgan fingerprint density at radius 2 is 1.81 bits per heavy atom. The van der Waals surface area contributed by atoms with Gasteiger partial charge in [-0.25, -0.2) is 4.39 Å². The van der Waals surface area contributed by atoms with E-state index in [-0.39, 0.29) is 11.7 Å². The Kier molecular flexibility index (Phi) is 5.99. The van der Waals surface area contributed by atoms with E-state index >= 15 is 0 Å². The van der Waals surface area contributed by atoms with Gasteiger partial charge in [0.1, 0.15) is 11.6 Å². The summed E-state index contributed by atoms with van der Waals surface area (Å²) in [4.78, 5) is 16.7. The zero-order valence-corrected chi connectivity index (χ0v) is 16.2. The van der Waals surface area contributed by atoms with Gasteiger partial charge in [0.25, 0.3) is 5.91 Å². The molecule has 0 aromatic heterocycles. The lowest BCUT2D eigenvalue weighted by molar-refractivity contribution is -0.139. The molecular weight excluding hydrogens is 343 g/mol. The summed E-state index contributed by atoms with van der Waals surface area (Å²) in [6.45, 7) is 8.36. The van der Waals surface area contributed by atoms with Gasteiger partial charge in [0.15, 0.2) is 6.10 Å². The Labute approximate surface area is 160 Å². The number of halogens is 1. The lowest BCUT2D eigenvalue weighted by Gasteiger charge is -2.37. The minimum Gasteiger partial charge on any atom is -0.480 e. The monoisotopic (exact) mass is 370 g/mol. The van der Waals surface area contributed by atoms with Crippen LogP contribution in [-0.4, -0.2) is 43.1 Å². The van der Waals surface area contributed by atoms with Crippen LogP contribution in [0, 0.1) is 19.7 Å². The van der Waals surface area contributed by atoms with Crippen molar-refractivity contribution in [2.75, 3.05) is 31.1 Å². The Morgan fingerprint density at radius 1 is 1.11 bits per heavy atom. The van der Waals surface area contributed by atoms with E-state index in [0.717, 1.165) is 11.3 Å². The average molecular weight is 370 g/mol. The zero-order valence-electron chi connectivity index (χ0n) is 16.2. The summed E-state index contributed by atoms with van der Waals surface area (Å²) in [5.41, 5.74) is 2.80. The van der Waals surface area contributed by atoms with E-state index < -0.39 is 6.10 Å². The predicted octanol–water partition coefficient (Wildman–Crippen LogP) is 3.95. The number of anilines is 1. The molecule has 1 fully saturated rings. The fraction of sp³-hybridized carbons (Fsp3) is 0.409. The van der Waals surface area contributed by atoms with E-state index in [0.29, 0.717) is 38.3 Å². The second kappa shape index (κ2) is 8.42. The number of para-hydroxylation sites is 1. The van der Waals surface area contributed by atoms with Crippen molar-refractivity contribution in [3.63, 3.8) is 0 Å². The minimum atomic E-state index is -0.494. The van der Waals surface area contributed by atoms with Crippen molar-refractivity contribution < 1.29 is 13.9 Å². The Balaban J connectivity index is 1.62. The Bertz CT molecular complexity index is 801. The number of carbonyl (C=O) groups is 1. The van der Waals surface area contributed by atoms with E-state index in [4.69, 9.17) is 4.74 Å². The van der Waals surface area contributed by atoms with E-state index in [9.17, 15) is 9.18 Å². The third kappa shape index (κ3) is 4.41. The van der Waals surface area contributed by atoms with Gasteiger partial charge in [-0.05, 0) is 44.0 Å². The fourth-order valence-corrected chi connectivity index (χ4v) is 3.47. The molecular formula is C22H27FN2O2.